The zero-order chi connectivity index (χ0) is 20.9. The molecule has 2 aromatic carbocycles. The molecule has 0 heterocycles. The molecule has 2 N–H and O–H groups in total. The molecule has 0 unspecified atom stereocenters. The first-order valence-corrected chi connectivity index (χ1v) is 10.0. The normalized spacial score (nSPS) is 11.1. The number of benzene rings is 2. The molecule has 0 saturated carbocycles. The lowest BCUT2D eigenvalue weighted by Gasteiger charge is -2.17. The van der Waals surface area contributed by atoms with Crippen LogP contribution in [-0.4, -0.2) is 40.4 Å². The maximum absolute atomic E-state index is 12.6. The molecule has 28 heavy (non-hydrogen) atoms. The highest BCUT2D eigenvalue weighted by Gasteiger charge is 2.18. The summed E-state index contributed by atoms with van der Waals surface area (Å²) in [5, 5.41) is 13.7. The molecule has 0 radical (unpaired) electrons. The largest absolute Gasteiger partial charge is 0.377 e. The Morgan fingerprint density at radius 1 is 1.11 bits per heavy atom. The van der Waals surface area contributed by atoms with E-state index in [-0.39, 0.29) is 23.5 Å². The van der Waals surface area contributed by atoms with Gasteiger partial charge in [-0.2, -0.15) is 0 Å². The number of hydrogen-bond acceptors (Lipinski definition) is 6. The van der Waals surface area contributed by atoms with Gasteiger partial charge in [0.05, 0.1) is 16.2 Å². The van der Waals surface area contributed by atoms with Crippen LogP contribution in [0.5, 0.6) is 0 Å². The molecule has 1 amide bonds. The fourth-order valence-corrected chi connectivity index (χ4v) is 3.31. The van der Waals surface area contributed by atoms with E-state index in [0.717, 1.165) is 5.56 Å². The highest BCUT2D eigenvalue weighted by Crippen LogP contribution is 2.24. The molecule has 10 heteroatoms. The maximum Gasteiger partial charge on any atom is 0.270 e. The molecule has 0 aliphatic heterocycles. The van der Waals surface area contributed by atoms with Crippen molar-refractivity contribution in [1.82, 2.24) is 10.0 Å². The molecule has 0 spiro atoms. The number of nitrogens with zero attached hydrogens (tertiary/aromatic N) is 2. The second-order valence-corrected chi connectivity index (χ2v) is 8.24. The smallest absolute Gasteiger partial charge is 0.270 e. The fraction of sp³-hybridized carbons (Fsp3) is 0.278. The minimum absolute atomic E-state index is 0.129. The summed E-state index contributed by atoms with van der Waals surface area (Å²) in [4.78, 5) is 24.7. The van der Waals surface area contributed by atoms with E-state index in [2.05, 4.69) is 10.0 Å². The number of carbonyl (C=O) groups excluding carboxylic acids is 1. The molecule has 0 fully saturated rings. The molecular formula is C18H22N4O5S. The number of nitro benzene ring substituents is 1. The van der Waals surface area contributed by atoms with Crippen LogP contribution in [0.4, 0.5) is 11.4 Å². The van der Waals surface area contributed by atoms with Crippen LogP contribution < -0.4 is 14.9 Å². The summed E-state index contributed by atoms with van der Waals surface area (Å²) in [7, 11) is 1.50. The summed E-state index contributed by atoms with van der Waals surface area (Å²) in [6.07, 6.45) is 0. The Hall–Kier alpha value is -2.98. The number of carbonyl (C=O) groups is 1. The third kappa shape index (κ3) is 5.51. The number of non-ortho nitro benzene ring substituents is 1. The van der Waals surface area contributed by atoms with Crippen LogP contribution >= 0.6 is 0 Å². The van der Waals surface area contributed by atoms with Gasteiger partial charge in [0.15, 0.2) is 0 Å². The third-order valence-corrected chi connectivity index (χ3v) is 5.40. The lowest BCUT2D eigenvalue weighted by Crippen LogP contribution is -2.25. The summed E-state index contributed by atoms with van der Waals surface area (Å²) in [5.74, 6) is -0.565. The van der Waals surface area contributed by atoms with Gasteiger partial charge in [0.25, 0.3) is 11.6 Å². The van der Waals surface area contributed by atoms with Gasteiger partial charge in [-0.25, -0.2) is 13.1 Å². The van der Waals surface area contributed by atoms with Crippen LogP contribution in [-0.2, 0) is 22.3 Å². The van der Waals surface area contributed by atoms with E-state index in [1.807, 2.05) is 0 Å². The molecule has 0 aliphatic carbocycles. The lowest BCUT2D eigenvalue weighted by atomic mass is 10.1. The zero-order valence-corrected chi connectivity index (χ0v) is 16.6. The predicted octanol–water partition coefficient (Wildman–Crippen LogP) is 1.64. The third-order valence-electron chi connectivity index (χ3n) is 4.06. The van der Waals surface area contributed by atoms with Gasteiger partial charge in [-0.15, -0.1) is 0 Å². The number of rotatable bonds is 8. The monoisotopic (exact) mass is 406 g/mol. The van der Waals surface area contributed by atoms with Gasteiger partial charge in [-0.05, 0) is 24.2 Å². The van der Waals surface area contributed by atoms with Crippen LogP contribution in [0.2, 0.25) is 0 Å². The average molecular weight is 406 g/mol. The minimum atomic E-state index is -3.35. The molecule has 0 aromatic heterocycles. The van der Waals surface area contributed by atoms with Crippen molar-refractivity contribution in [3.8, 4) is 0 Å². The standard InChI is InChI=1S/C18H22N4O5S/c1-19-28(26,27)12-14-6-4-13(5-7-14)11-20-18(23)16-10-15(22(24)25)8-9-17(16)21(2)3/h4-10,19H,11-12H2,1-3H3,(H,20,23). The Kier molecular flexibility index (Phi) is 6.71. The second-order valence-electron chi connectivity index (χ2n) is 6.32. The summed E-state index contributed by atoms with van der Waals surface area (Å²) < 4.78 is 25.4. The van der Waals surface area contributed by atoms with Crippen LogP contribution in [0.25, 0.3) is 0 Å². The highest BCUT2D eigenvalue weighted by atomic mass is 32.2. The lowest BCUT2D eigenvalue weighted by molar-refractivity contribution is -0.384. The topological polar surface area (TPSA) is 122 Å². The van der Waals surface area contributed by atoms with Crippen molar-refractivity contribution in [2.45, 2.75) is 12.3 Å². The van der Waals surface area contributed by atoms with Gasteiger partial charge in [-0.3, -0.25) is 14.9 Å². The highest BCUT2D eigenvalue weighted by molar-refractivity contribution is 7.88. The SMILES string of the molecule is CNS(=O)(=O)Cc1ccc(CNC(=O)c2cc([N+](=O)[O-])ccc2N(C)C)cc1. The molecule has 0 atom stereocenters. The van der Waals surface area contributed by atoms with Crippen molar-refractivity contribution in [2.24, 2.45) is 0 Å². The number of anilines is 1. The van der Waals surface area contributed by atoms with Gasteiger partial charge in [0, 0.05) is 38.5 Å². The first-order chi connectivity index (χ1) is 13.1. The van der Waals surface area contributed by atoms with Crippen molar-refractivity contribution < 1.29 is 18.1 Å². The molecule has 0 saturated heterocycles. The van der Waals surface area contributed by atoms with E-state index in [1.165, 1.54) is 25.2 Å². The van der Waals surface area contributed by atoms with Gasteiger partial charge in [0.1, 0.15) is 0 Å². The average Bonchev–Trinajstić information content (AvgIpc) is 2.66. The molecule has 0 aliphatic rings. The van der Waals surface area contributed by atoms with Crippen LogP contribution in [0, 0.1) is 10.1 Å². The van der Waals surface area contributed by atoms with Gasteiger partial charge < -0.3 is 10.2 Å². The van der Waals surface area contributed by atoms with Crippen molar-refractivity contribution in [3.63, 3.8) is 0 Å². The van der Waals surface area contributed by atoms with Crippen molar-refractivity contribution >= 4 is 27.3 Å². The number of amides is 1. The van der Waals surface area contributed by atoms with E-state index in [4.69, 9.17) is 0 Å². The fourth-order valence-electron chi connectivity index (χ4n) is 2.53. The molecule has 2 aromatic rings. The van der Waals surface area contributed by atoms with Crippen LogP contribution in [0.3, 0.4) is 0 Å². The molecule has 2 rings (SSSR count). The van der Waals surface area contributed by atoms with E-state index in [1.54, 1.807) is 43.3 Å². The Labute approximate surface area is 163 Å². The van der Waals surface area contributed by atoms with Gasteiger partial charge in [-0.1, -0.05) is 24.3 Å². The summed E-state index contributed by atoms with van der Waals surface area (Å²) in [5.41, 5.74) is 2.01. The van der Waals surface area contributed by atoms with Crippen LogP contribution in [0.15, 0.2) is 42.5 Å². The summed E-state index contributed by atoms with van der Waals surface area (Å²) >= 11 is 0. The molecule has 150 valence electrons. The van der Waals surface area contributed by atoms with Crippen molar-refractivity contribution in [3.05, 3.63) is 69.3 Å². The van der Waals surface area contributed by atoms with E-state index in [0.29, 0.717) is 11.3 Å². The van der Waals surface area contributed by atoms with Crippen molar-refractivity contribution in [2.75, 3.05) is 26.0 Å². The van der Waals surface area contributed by atoms with E-state index >= 15 is 0 Å². The Morgan fingerprint density at radius 2 is 1.71 bits per heavy atom. The molecule has 0 bridgehead atoms. The van der Waals surface area contributed by atoms with Gasteiger partial charge >= 0.3 is 0 Å². The number of sulfonamides is 1. The molecule has 9 nitrogen and oxygen atoms in total. The first kappa shape index (κ1) is 21.3. The minimum Gasteiger partial charge on any atom is -0.377 e. The second kappa shape index (κ2) is 8.81. The van der Waals surface area contributed by atoms with E-state index in [9.17, 15) is 23.3 Å². The number of hydrogen-bond donors (Lipinski definition) is 2. The Balaban J connectivity index is 2.11. The zero-order valence-electron chi connectivity index (χ0n) is 15.8. The summed E-state index contributed by atoms with van der Waals surface area (Å²) in [6.45, 7) is 0.202. The Bertz CT molecular complexity index is 972. The summed E-state index contributed by atoms with van der Waals surface area (Å²) in [6, 6.07) is 10.9. The molecular weight excluding hydrogens is 384 g/mol. The quantitative estimate of drug-likeness (QED) is 0.508. The first-order valence-electron chi connectivity index (χ1n) is 8.36. The number of nitrogens with one attached hydrogen (secondary N) is 2. The van der Waals surface area contributed by atoms with Gasteiger partial charge in [0.2, 0.25) is 10.0 Å². The Morgan fingerprint density at radius 3 is 2.25 bits per heavy atom. The van der Waals surface area contributed by atoms with Crippen molar-refractivity contribution in [1.29, 1.82) is 0 Å². The number of nitro groups is 1. The van der Waals surface area contributed by atoms with E-state index < -0.39 is 20.9 Å². The maximum atomic E-state index is 12.6. The predicted molar refractivity (Wildman–Crippen MR) is 107 cm³/mol. The van der Waals surface area contributed by atoms with Crippen LogP contribution in [0.1, 0.15) is 21.5 Å².